The molecule has 0 bridgehead atoms. The Bertz CT molecular complexity index is 3780. The Morgan fingerprint density at radius 2 is 0.906 bits per heavy atom. The molecule has 0 amide bonds. The first-order chi connectivity index (χ1) is 31.8. The highest BCUT2D eigenvalue weighted by Crippen LogP contribution is 2.63. The van der Waals surface area contributed by atoms with Crippen molar-refractivity contribution in [3.63, 3.8) is 0 Å². The van der Waals surface area contributed by atoms with Gasteiger partial charge < -0.3 is 9.47 Å². The predicted molar refractivity (Wildman–Crippen MR) is 270 cm³/mol. The number of hydrogen-bond donors (Lipinski definition) is 0. The molecule has 2 heterocycles. The minimum atomic E-state index is -0.445. The third-order valence-electron chi connectivity index (χ3n) is 14.0. The second kappa shape index (κ2) is 13.5. The third kappa shape index (κ3) is 4.85. The fraction of sp³-hybridized carbons (Fsp3) is 0.0164. The number of para-hydroxylation sites is 1. The quantitative estimate of drug-likeness (QED) is 0.168. The molecule has 14 rings (SSSR count). The van der Waals surface area contributed by atoms with Gasteiger partial charge in [0.25, 0.3) is 0 Å². The number of thiophene rings is 1. The average Bonchev–Trinajstić information content (AvgIpc) is 4.08. The van der Waals surface area contributed by atoms with Crippen LogP contribution in [-0.2, 0) is 5.41 Å². The van der Waals surface area contributed by atoms with Gasteiger partial charge >= 0.3 is 0 Å². The van der Waals surface area contributed by atoms with Crippen molar-refractivity contribution in [1.82, 2.24) is 4.57 Å². The molecule has 2 aromatic heterocycles. The first kappa shape index (κ1) is 35.6. The molecule has 298 valence electrons. The van der Waals surface area contributed by atoms with E-state index >= 15 is 0 Å². The molecule has 1 spiro atoms. The smallest absolute Gasteiger partial charge is 0.0726 e. The van der Waals surface area contributed by atoms with Gasteiger partial charge in [0, 0.05) is 53.7 Å². The van der Waals surface area contributed by atoms with Crippen molar-refractivity contribution in [2.45, 2.75) is 5.41 Å². The number of benzene rings is 10. The monoisotopic (exact) mass is 830 g/mol. The van der Waals surface area contributed by atoms with Gasteiger partial charge in [0.05, 0.1) is 16.4 Å². The molecule has 0 atom stereocenters. The molecule has 0 aliphatic heterocycles. The van der Waals surface area contributed by atoms with Crippen molar-refractivity contribution in [3.05, 3.63) is 253 Å². The Morgan fingerprint density at radius 3 is 1.61 bits per heavy atom. The molecule has 0 N–H and O–H groups in total. The third-order valence-corrected chi connectivity index (χ3v) is 15.1. The van der Waals surface area contributed by atoms with Gasteiger partial charge in [-0.05, 0) is 122 Å². The standard InChI is InChI=1S/C61H38N2S/c1-3-15-39(16-4-1)40-27-29-42(30-28-40)62(44-31-33-48-47-21-9-13-25-54(47)61(55(48)38-44)52-23-11-7-19-45(52)46-20-8-12-24-53(46)61)43-32-35-56-51(37-43)49-34-36-58-59(50-22-10-14-26-57(50)64-58)60(49)63(56)41-17-5-2-6-18-41/h1-38H. The zero-order chi connectivity index (χ0) is 41.9. The summed E-state index contributed by atoms with van der Waals surface area (Å²) in [5.41, 5.74) is 19.5. The van der Waals surface area contributed by atoms with Crippen LogP contribution in [0.2, 0.25) is 0 Å². The lowest BCUT2D eigenvalue weighted by molar-refractivity contribution is 0.793. The zero-order valence-electron chi connectivity index (χ0n) is 34.7. The second-order valence-corrected chi connectivity index (χ2v) is 18.3. The van der Waals surface area contributed by atoms with Gasteiger partial charge in [0.2, 0.25) is 0 Å². The van der Waals surface area contributed by atoms with Crippen molar-refractivity contribution >= 4 is 70.4 Å². The van der Waals surface area contributed by atoms with E-state index in [1.54, 1.807) is 0 Å². The maximum absolute atomic E-state index is 2.50. The summed E-state index contributed by atoms with van der Waals surface area (Å²) in [6.45, 7) is 0. The summed E-state index contributed by atoms with van der Waals surface area (Å²) in [5, 5.41) is 5.09. The summed E-state index contributed by atoms with van der Waals surface area (Å²) in [5.74, 6) is 0. The van der Waals surface area contributed by atoms with E-state index in [-0.39, 0.29) is 0 Å². The van der Waals surface area contributed by atoms with Gasteiger partial charge in [-0.25, -0.2) is 0 Å². The molecule has 2 nitrogen and oxygen atoms in total. The van der Waals surface area contributed by atoms with Crippen LogP contribution in [0.1, 0.15) is 22.3 Å². The molecule has 10 aromatic carbocycles. The maximum atomic E-state index is 2.50. The van der Waals surface area contributed by atoms with E-state index in [9.17, 15) is 0 Å². The highest BCUT2D eigenvalue weighted by Gasteiger charge is 2.51. The van der Waals surface area contributed by atoms with Crippen LogP contribution in [0.3, 0.4) is 0 Å². The zero-order valence-corrected chi connectivity index (χ0v) is 35.6. The molecule has 12 aromatic rings. The molecule has 3 heteroatoms. The summed E-state index contributed by atoms with van der Waals surface area (Å²) in [6, 6.07) is 85.7. The molecule has 64 heavy (non-hydrogen) atoms. The van der Waals surface area contributed by atoms with E-state index in [0.29, 0.717) is 0 Å². The summed E-state index contributed by atoms with van der Waals surface area (Å²) in [6.07, 6.45) is 0. The lowest BCUT2D eigenvalue weighted by Crippen LogP contribution is -2.26. The van der Waals surface area contributed by atoms with E-state index < -0.39 is 5.41 Å². The average molecular weight is 831 g/mol. The lowest BCUT2D eigenvalue weighted by atomic mass is 9.70. The number of hydrogen-bond acceptors (Lipinski definition) is 2. The van der Waals surface area contributed by atoms with Gasteiger partial charge in [0.1, 0.15) is 0 Å². The number of rotatable bonds is 5. The van der Waals surface area contributed by atoms with Crippen LogP contribution in [0.15, 0.2) is 231 Å². The SMILES string of the molecule is c1ccc(-c2ccc(N(c3ccc4c(c3)C3(c5ccccc5-c5ccccc53)c3ccccc3-4)c3ccc4c(c3)c3ccc5sc6ccccc6c5c3n4-c3ccccc3)cc2)cc1. The number of anilines is 3. The highest BCUT2D eigenvalue weighted by molar-refractivity contribution is 7.26. The van der Waals surface area contributed by atoms with Gasteiger partial charge in [-0.1, -0.05) is 164 Å². The number of aromatic nitrogens is 1. The Morgan fingerprint density at radius 1 is 0.359 bits per heavy atom. The molecule has 0 saturated heterocycles. The summed E-state index contributed by atoms with van der Waals surface area (Å²) in [4.78, 5) is 2.47. The van der Waals surface area contributed by atoms with E-state index in [1.807, 2.05) is 11.3 Å². The summed E-state index contributed by atoms with van der Waals surface area (Å²) >= 11 is 1.88. The Balaban J connectivity index is 1.04. The van der Waals surface area contributed by atoms with Gasteiger partial charge in [-0.15, -0.1) is 11.3 Å². The summed E-state index contributed by atoms with van der Waals surface area (Å²) < 4.78 is 5.10. The van der Waals surface area contributed by atoms with Crippen LogP contribution in [0.4, 0.5) is 17.1 Å². The fourth-order valence-electron chi connectivity index (χ4n) is 11.4. The van der Waals surface area contributed by atoms with Crippen LogP contribution in [-0.4, -0.2) is 4.57 Å². The molecule has 0 saturated carbocycles. The molecule has 0 radical (unpaired) electrons. The molecular formula is C61H38N2S. The topological polar surface area (TPSA) is 8.17 Å². The first-order valence-electron chi connectivity index (χ1n) is 22.1. The van der Waals surface area contributed by atoms with Crippen molar-refractivity contribution in [1.29, 1.82) is 0 Å². The van der Waals surface area contributed by atoms with Crippen molar-refractivity contribution < 1.29 is 0 Å². The van der Waals surface area contributed by atoms with Gasteiger partial charge in [0.15, 0.2) is 0 Å². The maximum Gasteiger partial charge on any atom is 0.0726 e. The molecular weight excluding hydrogens is 793 g/mol. The number of nitrogens with zero attached hydrogens (tertiary/aromatic N) is 2. The van der Waals surface area contributed by atoms with Gasteiger partial charge in [-0.2, -0.15) is 0 Å². The largest absolute Gasteiger partial charge is 0.310 e. The van der Waals surface area contributed by atoms with Crippen LogP contribution in [0.5, 0.6) is 0 Å². The minimum absolute atomic E-state index is 0.445. The molecule has 0 fully saturated rings. The second-order valence-electron chi connectivity index (χ2n) is 17.2. The van der Waals surface area contributed by atoms with Crippen molar-refractivity contribution in [2.75, 3.05) is 4.90 Å². The van der Waals surface area contributed by atoms with E-state index in [1.165, 1.54) is 97.6 Å². The van der Waals surface area contributed by atoms with E-state index in [2.05, 4.69) is 240 Å². The molecule has 2 aliphatic rings. The van der Waals surface area contributed by atoms with Crippen molar-refractivity contribution in [3.8, 4) is 39.1 Å². The molecule has 2 aliphatic carbocycles. The van der Waals surface area contributed by atoms with Gasteiger partial charge in [-0.3, -0.25) is 0 Å². The van der Waals surface area contributed by atoms with Crippen LogP contribution >= 0.6 is 11.3 Å². The summed E-state index contributed by atoms with van der Waals surface area (Å²) in [7, 11) is 0. The van der Waals surface area contributed by atoms with Crippen LogP contribution in [0, 0.1) is 0 Å². The van der Waals surface area contributed by atoms with Crippen LogP contribution < -0.4 is 4.90 Å². The fourth-order valence-corrected chi connectivity index (χ4v) is 12.5. The predicted octanol–water partition coefficient (Wildman–Crippen LogP) is 16.6. The van der Waals surface area contributed by atoms with E-state index in [4.69, 9.17) is 0 Å². The van der Waals surface area contributed by atoms with Crippen molar-refractivity contribution in [2.24, 2.45) is 0 Å². The minimum Gasteiger partial charge on any atom is -0.310 e. The lowest BCUT2D eigenvalue weighted by Gasteiger charge is -2.32. The Hall–Kier alpha value is -7.98. The van der Waals surface area contributed by atoms with E-state index in [0.717, 1.165) is 22.7 Å². The number of fused-ring (bicyclic) bond motifs is 17. The first-order valence-corrected chi connectivity index (χ1v) is 22.9. The Kier molecular flexibility index (Phi) is 7.51. The van der Waals surface area contributed by atoms with Crippen LogP contribution in [0.25, 0.3) is 81.0 Å². The molecule has 0 unspecified atom stereocenters. The Labute approximate surface area is 375 Å². The normalized spacial score (nSPS) is 13.1. The highest BCUT2D eigenvalue weighted by atomic mass is 32.1.